The number of thiazole rings is 1. The highest BCUT2D eigenvalue weighted by Crippen LogP contribution is 2.28. The third kappa shape index (κ3) is 4.94. The molecule has 0 aliphatic carbocycles. The van der Waals surface area contributed by atoms with E-state index in [1.165, 1.54) is 17.7 Å². The second kappa shape index (κ2) is 8.21. The highest BCUT2D eigenvalue weighted by molar-refractivity contribution is 7.13. The van der Waals surface area contributed by atoms with E-state index >= 15 is 0 Å². The van der Waals surface area contributed by atoms with E-state index in [0.717, 1.165) is 41.6 Å². The van der Waals surface area contributed by atoms with Gasteiger partial charge in [-0.25, -0.2) is 15.0 Å². The van der Waals surface area contributed by atoms with E-state index in [4.69, 9.17) is 4.74 Å². The molecule has 0 atom stereocenters. The molecule has 0 radical (unpaired) electrons. The lowest BCUT2D eigenvalue weighted by atomic mass is 9.98. The minimum absolute atomic E-state index is 0.0298. The van der Waals surface area contributed by atoms with Crippen molar-refractivity contribution in [1.29, 1.82) is 0 Å². The number of hydrogen-bond acceptors (Lipinski definition) is 7. The maximum absolute atomic E-state index is 12.8. The molecule has 2 aromatic heterocycles. The smallest absolute Gasteiger partial charge is 0.265 e. The largest absolute Gasteiger partial charge is 0.478 e. The van der Waals surface area contributed by atoms with E-state index in [0.29, 0.717) is 12.5 Å². The first-order valence-electron chi connectivity index (χ1n) is 9.33. The number of nitrogens with one attached hydrogen (secondary N) is 1. The van der Waals surface area contributed by atoms with Gasteiger partial charge in [0.1, 0.15) is 17.0 Å². The summed E-state index contributed by atoms with van der Waals surface area (Å²) in [4.78, 5) is 28.2. The van der Waals surface area contributed by atoms with Gasteiger partial charge in [0.05, 0.1) is 17.8 Å². The average molecular weight is 390 g/mol. The lowest BCUT2D eigenvalue weighted by Gasteiger charge is -2.32. The molecule has 3 rings (SSSR count). The van der Waals surface area contributed by atoms with Crippen LogP contribution in [-0.2, 0) is 5.41 Å². The summed E-state index contributed by atoms with van der Waals surface area (Å²) in [7, 11) is 0. The highest BCUT2D eigenvalue weighted by Gasteiger charge is 2.27. The summed E-state index contributed by atoms with van der Waals surface area (Å²) in [5, 5.41) is 4.42. The van der Waals surface area contributed by atoms with Crippen molar-refractivity contribution in [3.05, 3.63) is 28.5 Å². The first-order valence-corrected chi connectivity index (χ1v) is 10.2. The van der Waals surface area contributed by atoms with Crippen molar-refractivity contribution in [2.75, 3.05) is 25.0 Å². The van der Waals surface area contributed by atoms with Gasteiger partial charge in [-0.15, -0.1) is 11.3 Å². The lowest BCUT2D eigenvalue weighted by molar-refractivity contribution is 0.0723. The third-order valence-corrected chi connectivity index (χ3v) is 5.84. The number of amides is 1. The van der Waals surface area contributed by atoms with Gasteiger partial charge in [-0.1, -0.05) is 20.8 Å². The van der Waals surface area contributed by atoms with Crippen LogP contribution in [0, 0.1) is 0 Å². The maximum Gasteiger partial charge on any atom is 0.265 e. The Morgan fingerprint density at radius 1 is 1.30 bits per heavy atom. The monoisotopic (exact) mass is 389 g/mol. The number of rotatable bonds is 5. The van der Waals surface area contributed by atoms with Gasteiger partial charge in [-0.2, -0.15) is 0 Å². The van der Waals surface area contributed by atoms with Gasteiger partial charge in [0.15, 0.2) is 0 Å². The predicted molar refractivity (Wildman–Crippen MR) is 107 cm³/mol. The molecule has 1 amide bonds. The van der Waals surface area contributed by atoms with Crippen LogP contribution in [0.5, 0.6) is 5.88 Å². The third-order valence-electron chi connectivity index (χ3n) is 4.43. The summed E-state index contributed by atoms with van der Waals surface area (Å²) >= 11 is 1.50. The molecule has 1 fully saturated rings. The summed E-state index contributed by atoms with van der Waals surface area (Å²) in [5.41, 5.74) is -0.0298. The molecule has 146 valence electrons. The normalized spacial score (nSPS) is 15.6. The number of ether oxygens (including phenoxy) is 1. The molecule has 0 saturated carbocycles. The topological polar surface area (TPSA) is 80.2 Å². The fourth-order valence-corrected chi connectivity index (χ4v) is 3.90. The number of carbonyl (C=O) groups excluding carboxylic acids is 1. The molecule has 0 spiro atoms. The Labute approximate surface area is 164 Å². The predicted octanol–water partition coefficient (Wildman–Crippen LogP) is 3.35. The molecular weight excluding hydrogens is 362 g/mol. The van der Waals surface area contributed by atoms with E-state index in [9.17, 15) is 4.79 Å². The Kier molecular flexibility index (Phi) is 5.94. The van der Waals surface area contributed by atoms with Gasteiger partial charge in [0, 0.05) is 30.6 Å². The molecule has 1 aliphatic heterocycles. The zero-order chi connectivity index (χ0) is 19.4. The molecule has 1 aliphatic rings. The second-order valence-electron chi connectivity index (χ2n) is 7.66. The van der Waals surface area contributed by atoms with Gasteiger partial charge in [-0.3, -0.25) is 4.79 Å². The molecule has 1 N–H and O–H groups in total. The summed E-state index contributed by atoms with van der Waals surface area (Å²) < 4.78 is 5.41. The van der Waals surface area contributed by atoms with Crippen LogP contribution in [0.3, 0.4) is 0 Å². The number of piperidine rings is 1. The number of likely N-dealkylation sites (tertiary alicyclic amines) is 1. The van der Waals surface area contributed by atoms with Crippen molar-refractivity contribution in [1.82, 2.24) is 19.9 Å². The van der Waals surface area contributed by atoms with Crippen molar-refractivity contribution >= 4 is 23.1 Å². The van der Waals surface area contributed by atoms with Crippen LogP contribution >= 0.6 is 11.3 Å². The Balaban J connectivity index is 1.55. The minimum Gasteiger partial charge on any atom is -0.478 e. The van der Waals surface area contributed by atoms with Crippen LogP contribution in [-0.4, -0.2) is 51.5 Å². The fourth-order valence-electron chi connectivity index (χ4n) is 2.96. The van der Waals surface area contributed by atoms with Gasteiger partial charge < -0.3 is 15.0 Å². The number of nitrogens with zero attached hydrogens (tertiary/aromatic N) is 4. The maximum atomic E-state index is 12.8. The molecule has 27 heavy (non-hydrogen) atoms. The molecule has 7 nitrogen and oxygen atoms in total. The quantitative estimate of drug-likeness (QED) is 0.845. The lowest BCUT2D eigenvalue weighted by Crippen LogP contribution is -2.42. The van der Waals surface area contributed by atoms with E-state index in [-0.39, 0.29) is 17.4 Å². The molecule has 8 heteroatoms. The second-order valence-corrected chi connectivity index (χ2v) is 8.70. The van der Waals surface area contributed by atoms with Gasteiger partial charge in [0.25, 0.3) is 5.91 Å². The number of carbonyl (C=O) groups is 1. The first-order chi connectivity index (χ1) is 12.9. The first kappa shape index (κ1) is 19.5. The Bertz CT molecular complexity index is 778. The molecule has 0 bridgehead atoms. The van der Waals surface area contributed by atoms with Crippen molar-refractivity contribution < 1.29 is 9.53 Å². The van der Waals surface area contributed by atoms with Crippen LogP contribution in [0.25, 0.3) is 0 Å². The van der Waals surface area contributed by atoms with Crippen molar-refractivity contribution in [2.24, 2.45) is 0 Å². The molecule has 0 aromatic carbocycles. The number of hydrogen-bond donors (Lipinski definition) is 1. The molecule has 1 saturated heterocycles. The number of anilines is 1. The fraction of sp³-hybridized carbons (Fsp3) is 0.579. The van der Waals surface area contributed by atoms with Crippen molar-refractivity contribution in [3.63, 3.8) is 0 Å². The summed E-state index contributed by atoms with van der Waals surface area (Å²) in [6.07, 6.45) is 4.98. The van der Waals surface area contributed by atoms with Crippen LogP contribution in [0.15, 0.2) is 18.6 Å². The van der Waals surface area contributed by atoms with Crippen LogP contribution in [0.4, 0.5) is 5.82 Å². The highest BCUT2D eigenvalue weighted by atomic mass is 32.1. The minimum atomic E-state index is -0.0298. The van der Waals surface area contributed by atoms with Crippen LogP contribution in [0.2, 0.25) is 0 Å². The average Bonchev–Trinajstić information content (AvgIpc) is 3.13. The molecule has 0 unspecified atom stereocenters. The molecular formula is C19H27N5O2S. The SMILES string of the molecule is CCOc1cc(NC2CCN(C(=O)c3cnc(C(C)(C)C)s3)CC2)ncn1. The Hall–Kier alpha value is -2.22. The standard InChI is InChI=1S/C19H27N5O2S/c1-5-26-16-10-15(21-12-22-16)23-13-6-8-24(9-7-13)17(25)14-11-20-18(27-14)19(2,3)4/h10-13H,5-9H2,1-4H3,(H,21,22,23). The van der Waals surface area contributed by atoms with Crippen LogP contribution in [0.1, 0.15) is 55.2 Å². The van der Waals surface area contributed by atoms with Gasteiger partial charge in [-0.05, 0) is 19.8 Å². The summed E-state index contributed by atoms with van der Waals surface area (Å²) in [5.74, 6) is 1.42. The molecule has 3 heterocycles. The van der Waals surface area contributed by atoms with Gasteiger partial charge >= 0.3 is 0 Å². The van der Waals surface area contributed by atoms with Gasteiger partial charge in [0.2, 0.25) is 5.88 Å². The van der Waals surface area contributed by atoms with Crippen molar-refractivity contribution in [2.45, 2.75) is 52.0 Å². The Morgan fingerprint density at radius 2 is 2.04 bits per heavy atom. The Morgan fingerprint density at radius 3 is 2.67 bits per heavy atom. The van der Waals surface area contributed by atoms with Crippen molar-refractivity contribution in [3.8, 4) is 5.88 Å². The van der Waals surface area contributed by atoms with E-state index < -0.39 is 0 Å². The molecule has 2 aromatic rings. The summed E-state index contributed by atoms with van der Waals surface area (Å²) in [6, 6.07) is 2.09. The zero-order valence-corrected chi connectivity index (χ0v) is 17.2. The summed E-state index contributed by atoms with van der Waals surface area (Å²) in [6.45, 7) is 10.3. The van der Waals surface area contributed by atoms with Crippen LogP contribution < -0.4 is 10.1 Å². The van der Waals surface area contributed by atoms with E-state index in [2.05, 4.69) is 41.0 Å². The number of aromatic nitrogens is 3. The zero-order valence-electron chi connectivity index (χ0n) is 16.4. The van der Waals surface area contributed by atoms with E-state index in [1.807, 2.05) is 17.9 Å². The van der Waals surface area contributed by atoms with E-state index in [1.54, 1.807) is 6.20 Å².